The van der Waals surface area contributed by atoms with Crippen molar-refractivity contribution in [2.45, 2.75) is 20.3 Å². The lowest BCUT2D eigenvalue weighted by atomic mass is 9.88. The van der Waals surface area contributed by atoms with Crippen LogP contribution in [0.15, 0.2) is 18.2 Å². The van der Waals surface area contributed by atoms with Gasteiger partial charge in [-0.2, -0.15) is 0 Å². The first kappa shape index (κ1) is 16.3. The van der Waals surface area contributed by atoms with Crippen molar-refractivity contribution in [3.63, 3.8) is 0 Å². The fraction of sp³-hybridized carbons (Fsp3) is 0.562. The van der Waals surface area contributed by atoms with Gasteiger partial charge in [0.05, 0.1) is 13.0 Å². The topological polar surface area (TPSA) is 79.7 Å². The second-order valence-electron chi connectivity index (χ2n) is 6.11. The summed E-state index contributed by atoms with van der Waals surface area (Å²) in [5.41, 5.74) is 0.286. The zero-order valence-corrected chi connectivity index (χ0v) is 13.2. The standard InChI is InChI=1S/C16H22N2O4/c1-10(2)7-11-8-18(9-12(11)16(20)21)15(19)13-5-4-6-14(17-13)22-3/h4-6,10-12H,7-9H2,1-3H3,(H,20,21)/t11-,12-/m1/s1. The van der Waals surface area contributed by atoms with E-state index in [1.807, 2.05) is 0 Å². The first-order chi connectivity index (χ1) is 10.4. The third-order valence-corrected chi connectivity index (χ3v) is 3.97. The SMILES string of the molecule is COc1cccc(C(=O)N2C[C@@H](CC(C)C)[C@H](C(=O)O)C2)n1. The molecule has 6 nitrogen and oxygen atoms in total. The van der Waals surface area contributed by atoms with Crippen molar-refractivity contribution < 1.29 is 19.4 Å². The third-order valence-electron chi connectivity index (χ3n) is 3.97. The molecule has 1 aliphatic heterocycles. The average Bonchev–Trinajstić information content (AvgIpc) is 2.89. The van der Waals surface area contributed by atoms with Crippen LogP contribution in [0.2, 0.25) is 0 Å². The number of aliphatic carboxylic acids is 1. The van der Waals surface area contributed by atoms with Gasteiger partial charge in [-0.05, 0) is 24.3 Å². The molecule has 1 fully saturated rings. The molecule has 1 aliphatic rings. The molecule has 0 aromatic carbocycles. The molecular weight excluding hydrogens is 284 g/mol. The van der Waals surface area contributed by atoms with E-state index >= 15 is 0 Å². The highest BCUT2D eigenvalue weighted by Gasteiger charge is 2.40. The van der Waals surface area contributed by atoms with E-state index in [0.717, 1.165) is 6.42 Å². The van der Waals surface area contributed by atoms with Gasteiger partial charge in [0.1, 0.15) is 5.69 Å². The predicted molar refractivity (Wildman–Crippen MR) is 80.8 cm³/mol. The summed E-state index contributed by atoms with van der Waals surface area (Å²) in [4.78, 5) is 29.7. The summed E-state index contributed by atoms with van der Waals surface area (Å²) in [6.45, 7) is 4.83. The number of carboxylic acids is 1. The smallest absolute Gasteiger partial charge is 0.308 e. The number of rotatable bonds is 5. The van der Waals surface area contributed by atoms with E-state index in [-0.39, 0.29) is 24.1 Å². The molecule has 6 heteroatoms. The van der Waals surface area contributed by atoms with Crippen LogP contribution in [0.25, 0.3) is 0 Å². The number of amides is 1. The second kappa shape index (κ2) is 6.77. The summed E-state index contributed by atoms with van der Waals surface area (Å²) < 4.78 is 5.02. The minimum absolute atomic E-state index is 0.00735. The number of hydrogen-bond acceptors (Lipinski definition) is 4. The Kier molecular flexibility index (Phi) is 5.00. The lowest BCUT2D eigenvalue weighted by molar-refractivity contribution is -0.142. The highest BCUT2D eigenvalue weighted by atomic mass is 16.5. The van der Waals surface area contributed by atoms with Gasteiger partial charge < -0.3 is 14.7 Å². The Morgan fingerprint density at radius 3 is 2.73 bits per heavy atom. The normalized spacial score (nSPS) is 21.2. The zero-order valence-electron chi connectivity index (χ0n) is 13.2. The van der Waals surface area contributed by atoms with Gasteiger partial charge in [0.25, 0.3) is 5.91 Å². The Labute approximate surface area is 130 Å². The van der Waals surface area contributed by atoms with Crippen molar-refractivity contribution in [3.8, 4) is 5.88 Å². The Hall–Kier alpha value is -2.11. The predicted octanol–water partition coefficient (Wildman–Crippen LogP) is 1.91. The number of pyridine rings is 1. The van der Waals surface area contributed by atoms with Crippen LogP contribution in [0.4, 0.5) is 0 Å². The molecule has 1 N–H and O–H groups in total. The van der Waals surface area contributed by atoms with E-state index in [1.165, 1.54) is 7.11 Å². The lowest BCUT2D eigenvalue weighted by Crippen LogP contribution is -2.30. The van der Waals surface area contributed by atoms with Crippen molar-refractivity contribution in [1.29, 1.82) is 0 Å². The number of hydrogen-bond donors (Lipinski definition) is 1. The number of carbonyl (C=O) groups is 2. The molecule has 0 bridgehead atoms. The number of nitrogens with zero attached hydrogens (tertiary/aromatic N) is 2. The molecule has 1 aromatic heterocycles. The summed E-state index contributed by atoms with van der Waals surface area (Å²) in [5.74, 6) is -0.810. The Balaban J connectivity index is 2.15. The molecule has 0 saturated carbocycles. The van der Waals surface area contributed by atoms with Gasteiger partial charge in [-0.1, -0.05) is 19.9 Å². The minimum atomic E-state index is -0.834. The van der Waals surface area contributed by atoms with E-state index in [0.29, 0.717) is 18.3 Å². The quantitative estimate of drug-likeness (QED) is 0.899. The van der Waals surface area contributed by atoms with Crippen LogP contribution in [0.1, 0.15) is 30.8 Å². The first-order valence-electron chi connectivity index (χ1n) is 7.45. The van der Waals surface area contributed by atoms with Gasteiger partial charge in [-0.15, -0.1) is 0 Å². The van der Waals surface area contributed by atoms with Gasteiger partial charge >= 0.3 is 5.97 Å². The molecule has 120 valence electrons. The second-order valence-corrected chi connectivity index (χ2v) is 6.11. The number of aromatic nitrogens is 1. The molecule has 22 heavy (non-hydrogen) atoms. The van der Waals surface area contributed by atoms with Gasteiger partial charge in [-0.3, -0.25) is 9.59 Å². The summed E-state index contributed by atoms with van der Waals surface area (Å²) in [6, 6.07) is 4.99. The summed E-state index contributed by atoms with van der Waals surface area (Å²) in [5, 5.41) is 9.38. The third kappa shape index (κ3) is 3.55. The molecule has 1 aromatic rings. The van der Waals surface area contributed by atoms with E-state index in [1.54, 1.807) is 23.1 Å². The zero-order chi connectivity index (χ0) is 16.3. The van der Waals surface area contributed by atoms with Crippen LogP contribution in [0, 0.1) is 17.8 Å². The number of methoxy groups -OCH3 is 1. The minimum Gasteiger partial charge on any atom is -0.481 e. The average molecular weight is 306 g/mol. The highest BCUT2D eigenvalue weighted by molar-refractivity contribution is 5.93. The van der Waals surface area contributed by atoms with Crippen molar-refractivity contribution in [2.75, 3.05) is 20.2 Å². The fourth-order valence-corrected chi connectivity index (χ4v) is 2.97. The Morgan fingerprint density at radius 1 is 1.41 bits per heavy atom. The van der Waals surface area contributed by atoms with Gasteiger partial charge in [0, 0.05) is 19.2 Å². The van der Waals surface area contributed by atoms with Crippen LogP contribution >= 0.6 is 0 Å². The molecular formula is C16H22N2O4. The molecule has 0 unspecified atom stereocenters. The van der Waals surface area contributed by atoms with Crippen LogP contribution in [0.3, 0.4) is 0 Å². The number of ether oxygens (including phenoxy) is 1. The monoisotopic (exact) mass is 306 g/mol. The number of likely N-dealkylation sites (tertiary alicyclic amines) is 1. The van der Waals surface area contributed by atoms with Gasteiger partial charge in [-0.25, -0.2) is 4.98 Å². The van der Waals surface area contributed by atoms with Gasteiger partial charge in [0.2, 0.25) is 5.88 Å². The van der Waals surface area contributed by atoms with Crippen molar-refractivity contribution in [3.05, 3.63) is 23.9 Å². The van der Waals surface area contributed by atoms with Crippen LogP contribution < -0.4 is 4.74 Å². The number of carbonyl (C=O) groups excluding carboxylic acids is 1. The van der Waals surface area contributed by atoms with E-state index in [9.17, 15) is 14.7 Å². The van der Waals surface area contributed by atoms with Crippen molar-refractivity contribution in [1.82, 2.24) is 9.88 Å². The Bertz CT molecular complexity index is 559. The highest BCUT2D eigenvalue weighted by Crippen LogP contribution is 2.30. The van der Waals surface area contributed by atoms with Crippen LogP contribution in [0.5, 0.6) is 5.88 Å². The van der Waals surface area contributed by atoms with E-state index in [2.05, 4.69) is 18.8 Å². The van der Waals surface area contributed by atoms with Crippen LogP contribution in [-0.4, -0.2) is 47.1 Å². The Morgan fingerprint density at radius 2 is 2.14 bits per heavy atom. The van der Waals surface area contributed by atoms with Crippen LogP contribution in [-0.2, 0) is 4.79 Å². The molecule has 1 saturated heterocycles. The van der Waals surface area contributed by atoms with Crippen molar-refractivity contribution in [2.24, 2.45) is 17.8 Å². The maximum Gasteiger partial charge on any atom is 0.308 e. The fourth-order valence-electron chi connectivity index (χ4n) is 2.97. The first-order valence-corrected chi connectivity index (χ1v) is 7.45. The number of carboxylic acid groups (broad SMARTS) is 1. The molecule has 0 aliphatic carbocycles. The summed E-state index contributed by atoms with van der Waals surface area (Å²) in [6.07, 6.45) is 0.798. The van der Waals surface area contributed by atoms with E-state index < -0.39 is 11.9 Å². The molecule has 2 atom stereocenters. The van der Waals surface area contributed by atoms with Gasteiger partial charge in [0.15, 0.2) is 0 Å². The molecule has 0 radical (unpaired) electrons. The molecule has 2 rings (SSSR count). The molecule has 1 amide bonds. The maximum absolute atomic E-state index is 12.5. The molecule has 0 spiro atoms. The largest absolute Gasteiger partial charge is 0.481 e. The van der Waals surface area contributed by atoms with E-state index in [4.69, 9.17) is 4.74 Å². The lowest BCUT2D eigenvalue weighted by Gasteiger charge is -2.17. The summed E-state index contributed by atoms with van der Waals surface area (Å²) >= 11 is 0. The molecule has 2 heterocycles. The van der Waals surface area contributed by atoms with Crippen molar-refractivity contribution >= 4 is 11.9 Å². The maximum atomic E-state index is 12.5. The summed E-state index contributed by atoms with van der Waals surface area (Å²) in [7, 11) is 1.49.